The summed E-state index contributed by atoms with van der Waals surface area (Å²) in [4.78, 5) is 12.9. The van der Waals surface area contributed by atoms with Crippen molar-refractivity contribution in [1.82, 2.24) is 0 Å². The van der Waals surface area contributed by atoms with E-state index in [4.69, 9.17) is 21.1 Å². The van der Waals surface area contributed by atoms with Crippen LogP contribution in [0.4, 0.5) is 11.4 Å². The van der Waals surface area contributed by atoms with Crippen LogP contribution in [0.2, 0.25) is 5.02 Å². The summed E-state index contributed by atoms with van der Waals surface area (Å²) in [5, 5.41) is 3.19. The first-order valence-corrected chi connectivity index (χ1v) is 11.4. The van der Waals surface area contributed by atoms with Gasteiger partial charge in [-0.25, -0.2) is 8.42 Å². The Labute approximate surface area is 192 Å². The molecule has 0 aliphatic heterocycles. The zero-order valence-electron chi connectivity index (χ0n) is 17.8. The quantitative estimate of drug-likeness (QED) is 0.519. The molecule has 0 fully saturated rings. The third-order valence-corrected chi connectivity index (χ3v) is 6.93. The zero-order valence-corrected chi connectivity index (χ0v) is 19.4. The van der Waals surface area contributed by atoms with Gasteiger partial charge in [-0.2, -0.15) is 0 Å². The van der Waals surface area contributed by atoms with Crippen LogP contribution in [-0.4, -0.2) is 35.1 Å². The Hall–Kier alpha value is -3.23. The summed E-state index contributed by atoms with van der Waals surface area (Å²) in [6.07, 6.45) is 0. The lowest BCUT2D eigenvalue weighted by atomic mass is 10.2. The Morgan fingerprint density at radius 1 is 1.00 bits per heavy atom. The maximum atomic E-state index is 13.5. The van der Waals surface area contributed by atoms with Crippen LogP contribution in [0, 0.1) is 6.92 Å². The van der Waals surface area contributed by atoms with Crippen molar-refractivity contribution >= 4 is 38.9 Å². The molecule has 0 radical (unpaired) electrons. The molecular formula is C23H23ClN2O5S. The molecule has 0 spiro atoms. The van der Waals surface area contributed by atoms with Gasteiger partial charge in [0.2, 0.25) is 5.91 Å². The highest BCUT2D eigenvalue weighted by atomic mass is 35.5. The molecule has 7 nitrogen and oxygen atoms in total. The predicted molar refractivity (Wildman–Crippen MR) is 125 cm³/mol. The molecule has 0 heterocycles. The minimum absolute atomic E-state index is 0.00962. The number of hydrogen-bond donors (Lipinski definition) is 1. The summed E-state index contributed by atoms with van der Waals surface area (Å²) in [7, 11) is -1.17. The minimum Gasteiger partial charge on any atom is -0.497 e. The van der Waals surface area contributed by atoms with Gasteiger partial charge in [0.15, 0.2) is 0 Å². The van der Waals surface area contributed by atoms with E-state index >= 15 is 0 Å². The van der Waals surface area contributed by atoms with Crippen LogP contribution in [0.15, 0.2) is 71.6 Å². The number of nitrogens with one attached hydrogen (secondary N) is 1. The van der Waals surface area contributed by atoms with Crippen LogP contribution in [0.5, 0.6) is 11.5 Å². The average molecular weight is 475 g/mol. The van der Waals surface area contributed by atoms with Crippen LogP contribution in [0.3, 0.4) is 0 Å². The van der Waals surface area contributed by atoms with E-state index in [0.717, 1.165) is 9.87 Å². The number of nitrogens with zero attached hydrogens (tertiary/aromatic N) is 1. The van der Waals surface area contributed by atoms with Crippen LogP contribution < -0.4 is 19.1 Å². The van der Waals surface area contributed by atoms with Gasteiger partial charge >= 0.3 is 0 Å². The molecule has 32 heavy (non-hydrogen) atoms. The lowest BCUT2D eigenvalue weighted by Gasteiger charge is -2.25. The summed E-state index contributed by atoms with van der Waals surface area (Å²) >= 11 is 6.13. The fraction of sp³-hybridized carbons (Fsp3) is 0.174. The van der Waals surface area contributed by atoms with Crippen molar-refractivity contribution in [3.63, 3.8) is 0 Å². The van der Waals surface area contributed by atoms with Crippen LogP contribution in [-0.2, 0) is 14.8 Å². The minimum atomic E-state index is -4.10. The molecule has 0 saturated heterocycles. The number of para-hydroxylation sites is 2. The fourth-order valence-electron chi connectivity index (χ4n) is 3.01. The smallest absolute Gasteiger partial charge is 0.264 e. The SMILES string of the molecule is COc1ccc(S(=O)(=O)N(CC(=O)Nc2ccc(C)c(Cl)c2)c2ccccc2OC)cc1. The molecule has 3 aromatic carbocycles. The second kappa shape index (κ2) is 9.93. The largest absolute Gasteiger partial charge is 0.497 e. The van der Waals surface area contributed by atoms with Gasteiger partial charge in [0.1, 0.15) is 18.0 Å². The molecule has 0 atom stereocenters. The molecule has 0 aromatic heterocycles. The van der Waals surface area contributed by atoms with Crippen molar-refractivity contribution in [1.29, 1.82) is 0 Å². The third-order valence-electron chi connectivity index (χ3n) is 4.74. The zero-order chi connectivity index (χ0) is 23.3. The lowest BCUT2D eigenvalue weighted by molar-refractivity contribution is -0.114. The number of anilines is 2. The van der Waals surface area contributed by atoms with Crippen LogP contribution in [0.1, 0.15) is 5.56 Å². The Balaban J connectivity index is 1.98. The van der Waals surface area contributed by atoms with Crippen LogP contribution >= 0.6 is 11.6 Å². The number of ether oxygens (including phenoxy) is 2. The van der Waals surface area contributed by atoms with Gasteiger partial charge in [0.25, 0.3) is 10.0 Å². The van der Waals surface area contributed by atoms with E-state index in [1.54, 1.807) is 54.6 Å². The summed E-state index contributed by atoms with van der Waals surface area (Å²) in [5.41, 5.74) is 1.57. The van der Waals surface area contributed by atoms with Crippen molar-refractivity contribution in [2.24, 2.45) is 0 Å². The van der Waals surface area contributed by atoms with Crippen molar-refractivity contribution in [3.05, 3.63) is 77.3 Å². The highest BCUT2D eigenvalue weighted by Gasteiger charge is 2.29. The number of carbonyl (C=O) groups is 1. The number of rotatable bonds is 8. The topological polar surface area (TPSA) is 84.9 Å². The number of halogens is 1. The monoisotopic (exact) mass is 474 g/mol. The van der Waals surface area contributed by atoms with E-state index in [1.165, 1.54) is 26.4 Å². The van der Waals surface area contributed by atoms with E-state index < -0.39 is 22.5 Å². The molecular weight excluding hydrogens is 452 g/mol. The number of benzene rings is 3. The first-order chi connectivity index (χ1) is 15.3. The first kappa shape index (κ1) is 23.4. The van der Waals surface area contributed by atoms with E-state index in [0.29, 0.717) is 22.2 Å². The average Bonchev–Trinajstić information content (AvgIpc) is 2.80. The number of carbonyl (C=O) groups excluding carboxylic acids is 1. The van der Waals surface area contributed by atoms with Gasteiger partial charge < -0.3 is 14.8 Å². The normalized spacial score (nSPS) is 11.0. The Kier molecular flexibility index (Phi) is 7.27. The van der Waals surface area contributed by atoms with E-state index in [-0.39, 0.29) is 10.6 Å². The van der Waals surface area contributed by atoms with E-state index in [1.807, 2.05) is 6.92 Å². The third kappa shape index (κ3) is 5.15. The molecule has 0 saturated carbocycles. The number of amides is 1. The Morgan fingerprint density at radius 2 is 1.69 bits per heavy atom. The van der Waals surface area contributed by atoms with Crippen molar-refractivity contribution in [2.75, 3.05) is 30.4 Å². The molecule has 3 rings (SSSR count). The molecule has 0 bridgehead atoms. The Morgan fingerprint density at radius 3 is 2.31 bits per heavy atom. The molecule has 9 heteroatoms. The second-order valence-electron chi connectivity index (χ2n) is 6.87. The molecule has 0 aliphatic carbocycles. The Bertz CT molecular complexity index is 1210. The second-order valence-corrected chi connectivity index (χ2v) is 9.14. The maximum Gasteiger partial charge on any atom is 0.264 e. The van der Waals surface area contributed by atoms with E-state index in [2.05, 4.69) is 5.32 Å². The molecule has 0 unspecified atom stereocenters. The first-order valence-electron chi connectivity index (χ1n) is 9.62. The molecule has 0 aliphatic rings. The summed E-state index contributed by atoms with van der Waals surface area (Å²) < 4.78 is 38.5. The summed E-state index contributed by atoms with van der Waals surface area (Å²) in [5.74, 6) is 0.297. The molecule has 1 N–H and O–H groups in total. The molecule has 168 valence electrons. The van der Waals surface area contributed by atoms with Gasteiger partial charge in [-0.05, 0) is 61.0 Å². The number of sulfonamides is 1. The summed E-state index contributed by atoms with van der Waals surface area (Å²) in [6, 6.07) is 17.6. The van der Waals surface area contributed by atoms with Crippen molar-refractivity contribution in [2.45, 2.75) is 11.8 Å². The predicted octanol–water partition coefficient (Wildman–Crippen LogP) is 4.50. The van der Waals surface area contributed by atoms with Gasteiger partial charge in [0.05, 0.1) is 24.8 Å². The lowest BCUT2D eigenvalue weighted by Crippen LogP contribution is -2.38. The number of aryl methyl sites for hydroxylation is 1. The van der Waals surface area contributed by atoms with Gasteiger partial charge in [0, 0.05) is 10.7 Å². The molecule has 3 aromatic rings. The highest BCUT2D eigenvalue weighted by Crippen LogP contribution is 2.32. The van der Waals surface area contributed by atoms with Crippen LogP contribution in [0.25, 0.3) is 0 Å². The highest BCUT2D eigenvalue weighted by molar-refractivity contribution is 7.92. The van der Waals surface area contributed by atoms with Gasteiger partial charge in [-0.3, -0.25) is 9.10 Å². The van der Waals surface area contributed by atoms with Gasteiger partial charge in [-0.1, -0.05) is 29.8 Å². The standard InChI is InChI=1S/C23H23ClN2O5S/c1-16-8-9-17(14-20(16)24)25-23(27)15-26(21-6-4-5-7-22(21)31-3)32(28,29)19-12-10-18(30-2)11-13-19/h4-14H,15H2,1-3H3,(H,25,27). The molecule has 1 amide bonds. The maximum absolute atomic E-state index is 13.5. The number of methoxy groups -OCH3 is 2. The van der Waals surface area contributed by atoms with Gasteiger partial charge in [-0.15, -0.1) is 0 Å². The fourth-order valence-corrected chi connectivity index (χ4v) is 4.62. The van der Waals surface area contributed by atoms with E-state index in [9.17, 15) is 13.2 Å². The summed E-state index contributed by atoms with van der Waals surface area (Å²) in [6.45, 7) is 1.37. The van der Waals surface area contributed by atoms with Crippen molar-refractivity contribution < 1.29 is 22.7 Å². The van der Waals surface area contributed by atoms with Crippen molar-refractivity contribution in [3.8, 4) is 11.5 Å². The number of hydrogen-bond acceptors (Lipinski definition) is 5.